The molecule has 4 heteroatoms. The van der Waals surface area contributed by atoms with Gasteiger partial charge in [-0.1, -0.05) is 13.8 Å². The zero-order chi connectivity index (χ0) is 12.9. The lowest BCUT2D eigenvalue weighted by Gasteiger charge is -2.43. The van der Waals surface area contributed by atoms with Crippen LogP contribution in [0.2, 0.25) is 0 Å². The van der Waals surface area contributed by atoms with Crippen LogP contribution in [0.5, 0.6) is 0 Å². The topological polar surface area (TPSA) is 54.4 Å². The Morgan fingerprint density at radius 3 is 2.47 bits per heavy atom. The zero-order valence-corrected chi connectivity index (χ0v) is 11.4. The van der Waals surface area contributed by atoms with Crippen LogP contribution < -0.4 is 11.3 Å². The predicted octanol–water partition coefficient (Wildman–Crippen LogP) is 1.77. The molecule has 0 spiro atoms. The summed E-state index contributed by atoms with van der Waals surface area (Å²) in [6.45, 7) is 10.8. The van der Waals surface area contributed by atoms with Crippen molar-refractivity contribution in [2.45, 2.75) is 45.7 Å². The van der Waals surface area contributed by atoms with Gasteiger partial charge in [0.1, 0.15) is 0 Å². The minimum Gasteiger partial charge on any atom is -0.472 e. The third-order valence-corrected chi connectivity index (χ3v) is 3.65. The van der Waals surface area contributed by atoms with Gasteiger partial charge in [0.05, 0.1) is 12.5 Å². The monoisotopic (exact) mass is 239 g/mol. The third-order valence-electron chi connectivity index (χ3n) is 3.65. The second-order valence-electron chi connectivity index (χ2n) is 4.88. The fourth-order valence-corrected chi connectivity index (χ4v) is 2.42. The minimum atomic E-state index is 0.00944. The lowest BCUT2D eigenvalue weighted by atomic mass is 9.88. The van der Waals surface area contributed by atoms with Crippen LogP contribution in [0, 0.1) is 0 Å². The summed E-state index contributed by atoms with van der Waals surface area (Å²) in [4.78, 5) is 2.41. The summed E-state index contributed by atoms with van der Waals surface area (Å²) in [6.07, 6.45) is 4.35. The molecule has 1 aromatic rings. The van der Waals surface area contributed by atoms with Gasteiger partial charge in [-0.3, -0.25) is 16.2 Å². The van der Waals surface area contributed by atoms with Gasteiger partial charge >= 0.3 is 0 Å². The van der Waals surface area contributed by atoms with E-state index in [1.54, 1.807) is 12.5 Å². The quantitative estimate of drug-likeness (QED) is 0.562. The SMILES string of the molecule is CCN(CC)C(C)(C)C(Cc1ccoc1)NN. The highest BCUT2D eigenvalue weighted by Gasteiger charge is 2.33. The Kier molecular flexibility index (Phi) is 5.18. The predicted molar refractivity (Wildman–Crippen MR) is 70.5 cm³/mol. The molecule has 98 valence electrons. The molecule has 1 heterocycles. The number of hydrazine groups is 1. The molecule has 0 bridgehead atoms. The molecule has 1 rings (SSSR count). The summed E-state index contributed by atoms with van der Waals surface area (Å²) in [5, 5.41) is 0. The Bertz CT molecular complexity index is 304. The van der Waals surface area contributed by atoms with E-state index in [0.717, 1.165) is 19.5 Å². The van der Waals surface area contributed by atoms with Crippen molar-refractivity contribution < 1.29 is 4.42 Å². The summed E-state index contributed by atoms with van der Waals surface area (Å²) in [6, 6.07) is 2.18. The molecule has 0 saturated heterocycles. The molecule has 0 amide bonds. The molecule has 4 nitrogen and oxygen atoms in total. The maximum absolute atomic E-state index is 5.72. The number of nitrogens with zero attached hydrogens (tertiary/aromatic N) is 1. The van der Waals surface area contributed by atoms with Crippen LogP contribution in [-0.2, 0) is 6.42 Å². The van der Waals surface area contributed by atoms with Crippen molar-refractivity contribution in [2.75, 3.05) is 13.1 Å². The van der Waals surface area contributed by atoms with Crippen LogP contribution in [-0.4, -0.2) is 29.6 Å². The highest BCUT2D eigenvalue weighted by molar-refractivity contribution is 5.10. The first-order valence-corrected chi connectivity index (χ1v) is 6.28. The van der Waals surface area contributed by atoms with Gasteiger partial charge in [0, 0.05) is 11.6 Å². The van der Waals surface area contributed by atoms with Crippen molar-refractivity contribution in [2.24, 2.45) is 5.84 Å². The number of hydrogen-bond acceptors (Lipinski definition) is 4. The fourth-order valence-electron chi connectivity index (χ4n) is 2.42. The van der Waals surface area contributed by atoms with Gasteiger partial charge in [-0.05, 0) is 45.0 Å². The molecule has 0 fully saturated rings. The Balaban J connectivity index is 2.77. The lowest BCUT2D eigenvalue weighted by molar-refractivity contribution is 0.0911. The van der Waals surface area contributed by atoms with E-state index in [4.69, 9.17) is 10.3 Å². The van der Waals surface area contributed by atoms with Crippen molar-refractivity contribution in [3.05, 3.63) is 24.2 Å². The Hall–Kier alpha value is -0.840. The maximum atomic E-state index is 5.72. The van der Waals surface area contributed by atoms with Crippen LogP contribution >= 0.6 is 0 Å². The van der Waals surface area contributed by atoms with Crippen LogP contribution in [0.25, 0.3) is 0 Å². The van der Waals surface area contributed by atoms with Gasteiger partial charge in [-0.2, -0.15) is 0 Å². The summed E-state index contributed by atoms with van der Waals surface area (Å²) in [5.74, 6) is 5.72. The smallest absolute Gasteiger partial charge is 0.0935 e. The van der Waals surface area contributed by atoms with Crippen molar-refractivity contribution in [1.82, 2.24) is 10.3 Å². The zero-order valence-electron chi connectivity index (χ0n) is 11.4. The van der Waals surface area contributed by atoms with E-state index in [1.807, 2.05) is 6.07 Å². The first-order valence-electron chi connectivity index (χ1n) is 6.28. The second-order valence-corrected chi connectivity index (χ2v) is 4.88. The minimum absolute atomic E-state index is 0.00944. The molecule has 1 unspecified atom stereocenters. The van der Waals surface area contributed by atoms with Crippen molar-refractivity contribution in [1.29, 1.82) is 0 Å². The van der Waals surface area contributed by atoms with Gasteiger partial charge in [-0.25, -0.2) is 0 Å². The van der Waals surface area contributed by atoms with E-state index in [1.165, 1.54) is 5.56 Å². The van der Waals surface area contributed by atoms with Gasteiger partial charge in [0.25, 0.3) is 0 Å². The van der Waals surface area contributed by atoms with E-state index < -0.39 is 0 Å². The Morgan fingerprint density at radius 1 is 1.41 bits per heavy atom. The molecule has 0 saturated carbocycles. The van der Waals surface area contributed by atoms with Crippen molar-refractivity contribution in [3.63, 3.8) is 0 Å². The van der Waals surface area contributed by atoms with Gasteiger partial charge in [0.2, 0.25) is 0 Å². The number of likely N-dealkylation sites (N-methyl/N-ethyl adjacent to an activating group) is 1. The number of furan rings is 1. The highest BCUT2D eigenvalue weighted by Crippen LogP contribution is 2.21. The molecule has 0 aliphatic heterocycles. The summed E-state index contributed by atoms with van der Waals surface area (Å²) in [7, 11) is 0. The molecule has 0 aromatic carbocycles. The number of nitrogens with one attached hydrogen (secondary N) is 1. The standard InChI is InChI=1S/C13H25N3O/c1-5-16(6-2)13(3,4)12(15-14)9-11-7-8-17-10-11/h7-8,10,12,15H,5-6,9,14H2,1-4H3. The van der Waals surface area contributed by atoms with Crippen LogP contribution in [0.3, 0.4) is 0 Å². The first-order chi connectivity index (χ1) is 8.06. The average molecular weight is 239 g/mol. The molecular formula is C13H25N3O. The highest BCUT2D eigenvalue weighted by atomic mass is 16.3. The Morgan fingerprint density at radius 2 is 2.06 bits per heavy atom. The average Bonchev–Trinajstić information content (AvgIpc) is 2.79. The van der Waals surface area contributed by atoms with Crippen molar-refractivity contribution in [3.8, 4) is 0 Å². The first kappa shape index (κ1) is 14.2. The lowest BCUT2D eigenvalue weighted by Crippen LogP contribution is -2.60. The van der Waals surface area contributed by atoms with Crippen molar-refractivity contribution >= 4 is 0 Å². The molecule has 0 radical (unpaired) electrons. The van der Waals surface area contributed by atoms with E-state index in [9.17, 15) is 0 Å². The second kappa shape index (κ2) is 6.19. The van der Waals surface area contributed by atoms with Gasteiger partial charge in [-0.15, -0.1) is 0 Å². The molecule has 0 aliphatic carbocycles. The van der Waals surface area contributed by atoms with E-state index in [2.05, 4.69) is 38.0 Å². The summed E-state index contributed by atoms with van der Waals surface area (Å²) in [5.41, 5.74) is 4.13. The molecule has 1 aromatic heterocycles. The maximum Gasteiger partial charge on any atom is 0.0935 e. The molecule has 1 atom stereocenters. The van der Waals surface area contributed by atoms with Crippen LogP contribution in [0.4, 0.5) is 0 Å². The summed E-state index contributed by atoms with van der Waals surface area (Å²) >= 11 is 0. The van der Waals surface area contributed by atoms with E-state index in [0.29, 0.717) is 0 Å². The third kappa shape index (κ3) is 3.31. The largest absolute Gasteiger partial charge is 0.472 e. The normalized spacial score (nSPS) is 14.2. The molecule has 3 N–H and O–H groups in total. The molecule has 17 heavy (non-hydrogen) atoms. The number of hydrogen-bond donors (Lipinski definition) is 2. The molecular weight excluding hydrogens is 214 g/mol. The summed E-state index contributed by atoms with van der Waals surface area (Å²) < 4.78 is 5.10. The van der Waals surface area contributed by atoms with Crippen LogP contribution in [0.15, 0.2) is 23.0 Å². The van der Waals surface area contributed by atoms with Gasteiger partial charge < -0.3 is 4.42 Å². The van der Waals surface area contributed by atoms with Crippen LogP contribution in [0.1, 0.15) is 33.3 Å². The van der Waals surface area contributed by atoms with E-state index >= 15 is 0 Å². The number of rotatable bonds is 7. The molecule has 0 aliphatic rings. The Labute approximate surface area is 104 Å². The fraction of sp³-hybridized carbons (Fsp3) is 0.692. The van der Waals surface area contributed by atoms with E-state index in [-0.39, 0.29) is 11.6 Å². The van der Waals surface area contributed by atoms with Gasteiger partial charge in [0.15, 0.2) is 0 Å². The number of nitrogens with two attached hydrogens (primary N) is 1.